The maximum atomic E-state index is 5.73. The molecule has 1 fully saturated rings. The van der Waals surface area contributed by atoms with Crippen LogP contribution >= 0.6 is 0 Å². The summed E-state index contributed by atoms with van der Waals surface area (Å²) in [6, 6.07) is 1.01. The normalized spacial score (nSPS) is 38.2. The highest BCUT2D eigenvalue weighted by atomic mass is 15.0. The van der Waals surface area contributed by atoms with Crippen molar-refractivity contribution in [2.75, 3.05) is 6.54 Å². The van der Waals surface area contributed by atoms with E-state index in [4.69, 9.17) is 5.73 Å². The van der Waals surface area contributed by atoms with Crippen molar-refractivity contribution in [3.8, 4) is 0 Å². The van der Waals surface area contributed by atoms with Gasteiger partial charge in [-0.2, -0.15) is 0 Å². The highest BCUT2D eigenvalue weighted by Crippen LogP contribution is 2.06. The lowest BCUT2D eigenvalue weighted by molar-refractivity contribution is 0.527. The fourth-order valence-corrected chi connectivity index (χ4v) is 1.24. The minimum atomic E-state index is 0.417. The maximum absolute atomic E-state index is 5.73. The predicted octanol–water partition coefficient (Wildman–Crippen LogP) is 0.0856. The zero-order valence-electron chi connectivity index (χ0n) is 5.35. The quantitative estimate of drug-likeness (QED) is 0.507. The zero-order valence-corrected chi connectivity index (χ0v) is 5.35. The van der Waals surface area contributed by atoms with Gasteiger partial charge in [0.2, 0.25) is 0 Å². The summed E-state index contributed by atoms with van der Waals surface area (Å²) in [4.78, 5) is 0. The van der Waals surface area contributed by atoms with Crippen molar-refractivity contribution in [2.45, 2.75) is 31.8 Å². The van der Waals surface area contributed by atoms with Crippen molar-refractivity contribution in [2.24, 2.45) is 5.73 Å². The van der Waals surface area contributed by atoms with E-state index in [2.05, 4.69) is 12.2 Å². The largest absolute Gasteiger partial charge is 0.326 e. The molecule has 1 saturated heterocycles. The second-order valence-electron chi connectivity index (χ2n) is 2.42. The number of hydrogen-bond acceptors (Lipinski definition) is 2. The molecule has 0 aromatic heterocycles. The van der Waals surface area contributed by atoms with Crippen molar-refractivity contribution in [1.29, 1.82) is 0 Å². The predicted molar refractivity (Wildman–Crippen MR) is 34.7 cm³/mol. The first-order valence-corrected chi connectivity index (χ1v) is 3.33. The number of nitrogens with one attached hydrogen (secondary N) is 1. The smallest absolute Gasteiger partial charge is 0.0216 e. The van der Waals surface area contributed by atoms with Crippen LogP contribution in [-0.2, 0) is 0 Å². The van der Waals surface area contributed by atoms with E-state index in [9.17, 15) is 0 Å². The average Bonchev–Trinajstić information content (AvgIpc) is 2.14. The maximum Gasteiger partial charge on any atom is 0.0216 e. The Labute approximate surface area is 50.4 Å². The second-order valence-corrected chi connectivity index (χ2v) is 2.42. The molecule has 1 heterocycles. The van der Waals surface area contributed by atoms with Crippen molar-refractivity contribution < 1.29 is 0 Å². The van der Waals surface area contributed by atoms with Gasteiger partial charge in [0.25, 0.3) is 0 Å². The number of rotatable bonds is 1. The van der Waals surface area contributed by atoms with Crippen LogP contribution in [0, 0.1) is 0 Å². The highest BCUT2D eigenvalue weighted by molar-refractivity contribution is 4.84. The molecule has 8 heavy (non-hydrogen) atoms. The third-order valence-corrected chi connectivity index (χ3v) is 1.84. The van der Waals surface area contributed by atoms with Gasteiger partial charge in [0.1, 0.15) is 0 Å². The van der Waals surface area contributed by atoms with Gasteiger partial charge in [0.15, 0.2) is 0 Å². The van der Waals surface area contributed by atoms with Crippen LogP contribution in [0.4, 0.5) is 0 Å². The molecule has 0 aromatic carbocycles. The Morgan fingerprint density at radius 3 is 2.75 bits per heavy atom. The lowest BCUT2D eigenvalue weighted by Crippen LogP contribution is -2.35. The average molecular weight is 114 g/mol. The summed E-state index contributed by atoms with van der Waals surface area (Å²) in [5, 5.41) is 3.33. The fraction of sp³-hybridized carbons (Fsp3) is 1.00. The summed E-state index contributed by atoms with van der Waals surface area (Å²) in [6.07, 6.45) is 2.32. The molecule has 0 aromatic rings. The lowest BCUT2D eigenvalue weighted by Gasteiger charge is -2.11. The van der Waals surface area contributed by atoms with Gasteiger partial charge in [-0.25, -0.2) is 0 Å². The molecule has 2 unspecified atom stereocenters. The number of hydrogen-bond donors (Lipinski definition) is 2. The van der Waals surface area contributed by atoms with Crippen LogP contribution in [0.5, 0.6) is 0 Å². The lowest BCUT2D eigenvalue weighted by atomic mass is 10.1. The third-order valence-electron chi connectivity index (χ3n) is 1.84. The Hall–Kier alpha value is -0.0800. The van der Waals surface area contributed by atoms with Gasteiger partial charge in [-0.15, -0.1) is 0 Å². The fourth-order valence-electron chi connectivity index (χ4n) is 1.24. The molecule has 2 nitrogen and oxygen atoms in total. The van der Waals surface area contributed by atoms with Crippen LogP contribution in [0.3, 0.4) is 0 Å². The van der Waals surface area contributed by atoms with E-state index >= 15 is 0 Å². The standard InChI is InChI=1S/C6H14N2/c1-2-6-5(7)3-4-8-6/h5-6,8H,2-4,7H2,1H3. The highest BCUT2D eigenvalue weighted by Gasteiger charge is 2.20. The monoisotopic (exact) mass is 114 g/mol. The Bertz CT molecular complexity index is 72.9. The summed E-state index contributed by atoms with van der Waals surface area (Å²) in [5.74, 6) is 0. The molecular formula is C6H14N2. The van der Waals surface area contributed by atoms with E-state index < -0.39 is 0 Å². The van der Waals surface area contributed by atoms with E-state index in [1.165, 1.54) is 6.42 Å². The molecule has 1 rings (SSSR count). The molecule has 0 radical (unpaired) electrons. The molecular weight excluding hydrogens is 100 g/mol. The molecule has 0 amide bonds. The first-order valence-electron chi connectivity index (χ1n) is 3.33. The summed E-state index contributed by atoms with van der Waals surface area (Å²) in [6.45, 7) is 3.28. The molecule has 0 saturated carbocycles. The Morgan fingerprint density at radius 2 is 2.50 bits per heavy atom. The molecule has 48 valence electrons. The first kappa shape index (κ1) is 6.05. The van der Waals surface area contributed by atoms with Gasteiger partial charge in [-0.05, 0) is 19.4 Å². The van der Waals surface area contributed by atoms with Crippen molar-refractivity contribution in [1.82, 2.24) is 5.32 Å². The zero-order chi connectivity index (χ0) is 5.98. The van der Waals surface area contributed by atoms with Crippen LogP contribution in [0.25, 0.3) is 0 Å². The molecule has 1 aliphatic heterocycles. The summed E-state index contributed by atoms with van der Waals surface area (Å²) < 4.78 is 0. The molecule has 3 N–H and O–H groups in total. The summed E-state index contributed by atoms with van der Waals surface area (Å²) >= 11 is 0. The van der Waals surface area contributed by atoms with Crippen LogP contribution in [-0.4, -0.2) is 18.6 Å². The molecule has 0 bridgehead atoms. The van der Waals surface area contributed by atoms with E-state index in [0.717, 1.165) is 13.0 Å². The summed E-state index contributed by atoms with van der Waals surface area (Å²) in [7, 11) is 0. The molecule has 0 spiro atoms. The van der Waals surface area contributed by atoms with Crippen LogP contribution < -0.4 is 11.1 Å². The van der Waals surface area contributed by atoms with Gasteiger partial charge in [0, 0.05) is 12.1 Å². The van der Waals surface area contributed by atoms with E-state index in [0.29, 0.717) is 12.1 Å². The first-order chi connectivity index (χ1) is 3.84. The third kappa shape index (κ3) is 1.01. The number of nitrogens with two attached hydrogens (primary N) is 1. The second kappa shape index (κ2) is 2.46. The van der Waals surface area contributed by atoms with Gasteiger partial charge < -0.3 is 11.1 Å². The SMILES string of the molecule is CCC1NCCC1N. The molecule has 2 heteroatoms. The molecule has 0 aliphatic carbocycles. The Balaban J connectivity index is 2.30. The van der Waals surface area contributed by atoms with Crippen LogP contribution in [0.1, 0.15) is 19.8 Å². The van der Waals surface area contributed by atoms with Crippen molar-refractivity contribution in [3.63, 3.8) is 0 Å². The van der Waals surface area contributed by atoms with Crippen molar-refractivity contribution in [3.05, 3.63) is 0 Å². The van der Waals surface area contributed by atoms with Gasteiger partial charge in [-0.3, -0.25) is 0 Å². The Morgan fingerprint density at radius 1 is 1.75 bits per heavy atom. The topological polar surface area (TPSA) is 38.0 Å². The van der Waals surface area contributed by atoms with E-state index in [-0.39, 0.29) is 0 Å². The minimum Gasteiger partial charge on any atom is -0.326 e. The van der Waals surface area contributed by atoms with Gasteiger partial charge >= 0.3 is 0 Å². The molecule has 2 atom stereocenters. The Kier molecular flexibility index (Phi) is 1.86. The van der Waals surface area contributed by atoms with Gasteiger partial charge in [-0.1, -0.05) is 6.92 Å². The van der Waals surface area contributed by atoms with Crippen molar-refractivity contribution >= 4 is 0 Å². The van der Waals surface area contributed by atoms with Gasteiger partial charge in [0.05, 0.1) is 0 Å². The van der Waals surface area contributed by atoms with Crippen LogP contribution in [0.2, 0.25) is 0 Å². The van der Waals surface area contributed by atoms with E-state index in [1.54, 1.807) is 0 Å². The van der Waals surface area contributed by atoms with Crippen LogP contribution in [0.15, 0.2) is 0 Å². The van der Waals surface area contributed by atoms with E-state index in [1.807, 2.05) is 0 Å². The summed E-state index contributed by atoms with van der Waals surface area (Å²) in [5.41, 5.74) is 5.73. The molecule has 1 aliphatic rings. The minimum absolute atomic E-state index is 0.417.